The van der Waals surface area contributed by atoms with Gasteiger partial charge in [0.05, 0.1) is 22.8 Å². The summed E-state index contributed by atoms with van der Waals surface area (Å²) in [6.45, 7) is 2.24. The number of nitrogens with one attached hydrogen (secondary N) is 1. The van der Waals surface area contributed by atoms with Gasteiger partial charge in [0.2, 0.25) is 0 Å². The average Bonchev–Trinajstić information content (AvgIpc) is 3.21. The van der Waals surface area contributed by atoms with Crippen molar-refractivity contribution >= 4 is 45.1 Å². The van der Waals surface area contributed by atoms with Crippen LogP contribution in [0.15, 0.2) is 36.5 Å². The van der Waals surface area contributed by atoms with Crippen LogP contribution >= 0.6 is 22.6 Å². The maximum absolute atomic E-state index is 12.9. The molecule has 1 N–H and O–H groups in total. The van der Waals surface area contributed by atoms with Crippen molar-refractivity contribution in [1.29, 1.82) is 5.26 Å². The number of nitriles is 1. The number of fused-ring (bicyclic) bond motifs is 1. The van der Waals surface area contributed by atoms with Gasteiger partial charge in [-0.2, -0.15) is 23.5 Å². The van der Waals surface area contributed by atoms with E-state index >= 15 is 0 Å². The first-order chi connectivity index (χ1) is 15.7. The zero-order valence-electron chi connectivity index (χ0n) is 17.7. The molecule has 1 fully saturated rings. The van der Waals surface area contributed by atoms with Gasteiger partial charge in [0.1, 0.15) is 17.5 Å². The Morgan fingerprint density at radius 3 is 2.64 bits per heavy atom. The van der Waals surface area contributed by atoms with E-state index in [0.717, 1.165) is 43.2 Å². The first kappa shape index (κ1) is 23.5. The lowest BCUT2D eigenvalue weighted by atomic mass is 9.84. The Balaban J connectivity index is 1.57. The molecular formula is C23H21F3IN5O. The molecule has 1 aromatic carbocycles. The zero-order valence-corrected chi connectivity index (χ0v) is 19.9. The van der Waals surface area contributed by atoms with Crippen molar-refractivity contribution < 1.29 is 18.0 Å². The SMILES string of the molecule is CC(I)[C@H]1CC[C@H](n2cc3cc(NC(=O)c4cccc(C(F)(F)F)n4)c(C#N)cc3n2)CC1. The van der Waals surface area contributed by atoms with Gasteiger partial charge in [-0.15, -0.1) is 0 Å². The number of hydrogen-bond donors (Lipinski definition) is 1. The summed E-state index contributed by atoms with van der Waals surface area (Å²) >= 11 is 2.48. The number of benzene rings is 1. The first-order valence-electron chi connectivity index (χ1n) is 10.6. The number of alkyl halides is 4. The number of hydrogen-bond acceptors (Lipinski definition) is 4. The minimum Gasteiger partial charge on any atom is -0.319 e. The predicted molar refractivity (Wildman–Crippen MR) is 126 cm³/mol. The highest BCUT2D eigenvalue weighted by Crippen LogP contribution is 2.36. The maximum atomic E-state index is 12.9. The van der Waals surface area contributed by atoms with E-state index in [0.29, 0.717) is 15.4 Å². The molecule has 1 saturated carbocycles. The molecule has 1 unspecified atom stereocenters. The Morgan fingerprint density at radius 2 is 2.00 bits per heavy atom. The molecule has 10 heteroatoms. The number of halogens is 4. The normalized spacial score (nSPS) is 19.8. The third-order valence-corrected chi connectivity index (χ3v) is 7.08. The number of amides is 1. The van der Waals surface area contributed by atoms with Crippen LogP contribution in [0, 0.1) is 17.2 Å². The minimum absolute atomic E-state index is 0.176. The number of rotatable bonds is 4. The molecule has 0 spiro atoms. The van der Waals surface area contributed by atoms with Crippen LogP contribution in [0.3, 0.4) is 0 Å². The van der Waals surface area contributed by atoms with Crippen LogP contribution in [0.2, 0.25) is 0 Å². The summed E-state index contributed by atoms with van der Waals surface area (Å²) in [5.41, 5.74) is -0.525. The standard InChI is InChI=1S/C23H21F3IN5O/c1-13(27)14-5-7-17(8-6-14)32-12-16-10-19(15(11-28)9-20(16)31-32)30-22(33)18-3-2-4-21(29-18)23(24,25)26/h2-4,9-10,12-14,17H,5-8H2,1H3,(H,30,33)/t13?,14-,17-. The smallest absolute Gasteiger partial charge is 0.319 e. The van der Waals surface area contributed by atoms with E-state index in [-0.39, 0.29) is 23.0 Å². The molecule has 6 nitrogen and oxygen atoms in total. The van der Waals surface area contributed by atoms with Crippen molar-refractivity contribution in [3.8, 4) is 6.07 Å². The molecule has 172 valence electrons. The minimum atomic E-state index is -4.66. The molecule has 3 aromatic rings. The van der Waals surface area contributed by atoms with Crippen LogP contribution in [0.4, 0.5) is 18.9 Å². The van der Waals surface area contributed by atoms with Crippen molar-refractivity contribution in [3.63, 3.8) is 0 Å². The molecule has 33 heavy (non-hydrogen) atoms. The lowest BCUT2D eigenvalue weighted by molar-refractivity contribution is -0.141. The third kappa shape index (κ3) is 5.13. The molecule has 4 rings (SSSR count). The maximum Gasteiger partial charge on any atom is 0.433 e. The Labute approximate surface area is 202 Å². The summed E-state index contributed by atoms with van der Waals surface area (Å²) in [4.78, 5) is 16.0. The van der Waals surface area contributed by atoms with Crippen LogP contribution in [-0.2, 0) is 6.18 Å². The van der Waals surface area contributed by atoms with E-state index < -0.39 is 17.8 Å². The van der Waals surface area contributed by atoms with Crippen LogP contribution in [0.5, 0.6) is 0 Å². The molecule has 0 saturated heterocycles. The number of pyridine rings is 1. The van der Waals surface area contributed by atoms with Gasteiger partial charge in [-0.3, -0.25) is 9.48 Å². The number of carbonyl (C=O) groups is 1. The van der Waals surface area contributed by atoms with E-state index in [1.807, 2.05) is 16.9 Å². The Hall–Kier alpha value is -2.68. The molecule has 2 aromatic heterocycles. The monoisotopic (exact) mass is 567 g/mol. The van der Waals surface area contributed by atoms with Crippen molar-refractivity contribution in [3.05, 3.63) is 53.5 Å². The average molecular weight is 567 g/mol. The fraction of sp³-hybridized carbons (Fsp3) is 0.391. The summed E-state index contributed by atoms with van der Waals surface area (Å²) in [6, 6.07) is 8.62. The molecule has 1 atom stereocenters. The Morgan fingerprint density at radius 1 is 1.27 bits per heavy atom. The summed E-state index contributed by atoms with van der Waals surface area (Å²) in [6.07, 6.45) is 1.58. The molecule has 1 amide bonds. The van der Waals surface area contributed by atoms with Crippen LogP contribution in [0.1, 0.15) is 60.4 Å². The number of carbonyl (C=O) groups excluding carboxylic acids is 1. The second kappa shape index (κ2) is 9.29. The highest BCUT2D eigenvalue weighted by atomic mass is 127. The number of aromatic nitrogens is 3. The lowest BCUT2D eigenvalue weighted by Crippen LogP contribution is -2.22. The van der Waals surface area contributed by atoms with Gasteiger partial charge in [0.25, 0.3) is 5.91 Å². The van der Waals surface area contributed by atoms with Gasteiger partial charge in [0, 0.05) is 15.5 Å². The van der Waals surface area contributed by atoms with E-state index in [1.165, 1.54) is 6.07 Å². The van der Waals surface area contributed by atoms with Crippen LogP contribution in [-0.4, -0.2) is 24.6 Å². The van der Waals surface area contributed by atoms with Gasteiger partial charge in [-0.1, -0.05) is 35.6 Å². The molecule has 1 aliphatic carbocycles. The second-order valence-corrected chi connectivity index (χ2v) is 10.2. The Kier molecular flexibility index (Phi) is 6.61. The van der Waals surface area contributed by atoms with Crippen molar-refractivity contribution in [2.75, 3.05) is 5.32 Å². The van der Waals surface area contributed by atoms with Gasteiger partial charge in [-0.25, -0.2) is 4.98 Å². The Bertz CT molecular complexity index is 1220. The third-order valence-electron chi connectivity index (χ3n) is 6.07. The highest BCUT2D eigenvalue weighted by molar-refractivity contribution is 14.1. The van der Waals surface area contributed by atoms with Crippen LogP contribution in [0.25, 0.3) is 10.9 Å². The summed E-state index contributed by atoms with van der Waals surface area (Å²) in [5.74, 6) is -0.112. The number of nitrogens with zero attached hydrogens (tertiary/aromatic N) is 4. The molecular weight excluding hydrogens is 546 g/mol. The zero-order chi connectivity index (χ0) is 23.8. The van der Waals surface area contributed by atoms with Crippen molar-refractivity contribution in [2.45, 2.75) is 48.7 Å². The van der Waals surface area contributed by atoms with E-state index in [1.54, 1.807) is 12.1 Å². The first-order valence-corrected chi connectivity index (χ1v) is 11.8. The fourth-order valence-electron chi connectivity index (χ4n) is 4.20. The largest absolute Gasteiger partial charge is 0.433 e. The lowest BCUT2D eigenvalue weighted by Gasteiger charge is -2.30. The summed E-state index contributed by atoms with van der Waals surface area (Å²) < 4.78 is 41.3. The molecule has 0 radical (unpaired) electrons. The molecule has 1 aliphatic rings. The fourth-order valence-corrected chi connectivity index (χ4v) is 4.92. The molecule has 2 heterocycles. The topological polar surface area (TPSA) is 83.6 Å². The van der Waals surface area contributed by atoms with Gasteiger partial charge in [0.15, 0.2) is 0 Å². The quantitative estimate of drug-likeness (QED) is 0.304. The molecule has 0 bridgehead atoms. The van der Waals surface area contributed by atoms with Gasteiger partial charge >= 0.3 is 6.18 Å². The van der Waals surface area contributed by atoms with Crippen molar-refractivity contribution in [1.82, 2.24) is 14.8 Å². The predicted octanol–water partition coefficient (Wildman–Crippen LogP) is 6.13. The second-order valence-electron chi connectivity index (χ2n) is 8.28. The van der Waals surface area contributed by atoms with E-state index in [2.05, 4.69) is 44.9 Å². The van der Waals surface area contributed by atoms with E-state index in [4.69, 9.17) is 0 Å². The number of anilines is 1. The molecule has 0 aliphatic heterocycles. The van der Waals surface area contributed by atoms with Crippen molar-refractivity contribution in [2.24, 2.45) is 5.92 Å². The summed E-state index contributed by atoms with van der Waals surface area (Å²) in [5, 5.41) is 17.5. The van der Waals surface area contributed by atoms with E-state index in [9.17, 15) is 23.2 Å². The summed E-state index contributed by atoms with van der Waals surface area (Å²) in [7, 11) is 0. The van der Waals surface area contributed by atoms with Gasteiger partial charge < -0.3 is 5.32 Å². The van der Waals surface area contributed by atoms with Crippen LogP contribution < -0.4 is 5.32 Å². The highest BCUT2D eigenvalue weighted by Gasteiger charge is 2.33. The van der Waals surface area contributed by atoms with Gasteiger partial charge in [-0.05, 0) is 55.9 Å².